The van der Waals surface area contributed by atoms with Crippen LogP contribution in [0.5, 0.6) is 0 Å². The van der Waals surface area contributed by atoms with E-state index in [4.69, 9.17) is 18.9 Å². The number of ether oxygens (including phenoxy) is 6. The van der Waals surface area contributed by atoms with E-state index in [0.29, 0.717) is 43.2 Å². The Hall–Kier alpha value is -2.56. The van der Waals surface area contributed by atoms with Gasteiger partial charge >= 0.3 is 28.5 Å². The van der Waals surface area contributed by atoms with Crippen LogP contribution in [0.2, 0.25) is 0 Å². The van der Waals surface area contributed by atoms with E-state index in [-0.39, 0.29) is 12.4 Å². The summed E-state index contributed by atoms with van der Waals surface area (Å²) in [6, 6.07) is -1.25. The molecule has 1 heterocycles. The van der Waals surface area contributed by atoms with Crippen molar-refractivity contribution < 1.29 is 57.2 Å². The van der Waals surface area contributed by atoms with Crippen molar-refractivity contribution in [3.05, 3.63) is 0 Å². The maximum absolute atomic E-state index is 12.9. The van der Waals surface area contributed by atoms with Crippen LogP contribution in [0.1, 0.15) is 40.5 Å². The molecule has 0 saturated carbocycles. The lowest BCUT2D eigenvalue weighted by molar-refractivity contribution is -0.149. The first-order valence-electron chi connectivity index (χ1n) is 12.1. The highest BCUT2D eigenvalue weighted by Crippen LogP contribution is 2.27. The molecule has 0 aromatic rings. The van der Waals surface area contributed by atoms with E-state index in [9.17, 15) is 28.8 Å². The second kappa shape index (κ2) is 18.7. The molecule has 1 atom stereocenters. The maximum atomic E-state index is 12.9. The van der Waals surface area contributed by atoms with Crippen LogP contribution in [0, 0.1) is 0 Å². The lowest BCUT2D eigenvalue weighted by Crippen LogP contribution is -2.50. The average molecular weight is 597 g/mol. The molecule has 39 heavy (non-hydrogen) atoms. The maximum Gasteiger partial charge on any atom is 0.371 e. The number of nitrogens with zero attached hydrogens (tertiary/aromatic N) is 1. The lowest BCUT2D eigenvalue weighted by Gasteiger charge is -2.26. The van der Waals surface area contributed by atoms with E-state index in [2.05, 4.69) is 19.7 Å². The van der Waals surface area contributed by atoms with Gasteiger partial charge in [0.05, 0.1) is 24.6 Å². The van der Waals surface area contributed by atoms with Gasteiger partial charge in [0.1, 0.15) is 6.04 Å². The highest BCUT2D eigenvalue weighted by atomic mass is 32.2. The minimum absolute atomic E-state index is 0.109. The molecule has 0 aliphatic carbocycles. The zero-order chi connectivity index (χ0) is 29.3. The van der Waals surface area contributed by atoms with Gasteiger partial charge in [0.15, 0.2) is 0 Å². The summed E-state index contributed by atoms with van der Waals surface area (Å²) < 4.78 is 27.8. The zero-order valence-corrected chi connectivity index (χ0v) is 24.2. The Morgan fingerprint density at radius 2 is 1.46 bits per heavy atom. The molecule has 16 heteroatoms. The van der Waals surface area contributed by atoms with Gasteiger partial charge in [0.25, 0.3) is 0 Å². The number of hydrogen-bond donors (Lipinski definition) is 1. The number of amides is 1. The van der Waals surface area contributed by atoms with Gasteiger partial charge in [-0.1, -0.05) is 0 Å². The fourth-order valence-electron chi connectivity index (χ4n) is 2.83. The molecule has 0 aromatic carbocycles. The van der Waals surface area contributed by atoms with E-state index >= 15 is 0 Å². The molecule has 1 amide bonds. The van der Waals surface area contributed by atoms with Crippen molar-refractivity contribution in [3.63, 3.8) is 0 Å². The van der Waals surface area contributed by atoms with E-state index in [1.54, 1.807) is 0 Å². The quantitative estimate of drug-likeness (QED) is 0.125. The van der Waals surface area contributed by atoms with Gasteiger partial charge in [-0.15, -0.1) is 0 Å². The zero-order valence-electron chi connectivity index (χ0n) is 22.5. The first-order valence-corrected chi connectivity index (χ1v) is 13.9. The summed E-state index contributed by atoms with van der Waals surface area (Å²) in [6.45, 7) is 7.97. The van der Waals surface area contributed by atoms with Crippen molar-refractivity contribution in [1.82, 2.24) is 10.2 Å². The van der Waals surface area contributed by atoms with Crippen LogP contribution in [-0.2, 0) is 47.6 Å². The topological polar surface area (TPSA) is 173 Å². The number of rotatable bonds is 15. The van der Waals surface area contributed by atoms with Crippen LogP contribution in [0.15, 0.2) is 0 Å². The van der Waals surface area contributed by atoms with Crippen molar-refractivity contribution in [3.8, 4) is 0 Å². The van der Waals surface area contributed by atoms with Crippen molar-refractivity contribution in [2.45, 2.75) is 51.3 Å². The SMILES string of the molecule is CC(=O)OCOC(=O)SC[C@H](NC(=O)C(C)(C)SC(=O)OCOC(C)=O)C(=O)OCCCCN1CCOCC1. The number of carbonyl (C=O) groups excluding carboxylic acids is 6. The van der Waals surface area contributed by atoms with Crippen LogP contribution in [0.4, 0.5) is 9.59 Å². The van der Waals surface area contributed by atoms with Gasteiger partial charge in [-0.2, -0.15) is 0 Å². The molecular formula is C23H36N2O12S2. The third kappa shape index (κ3) is 16.2. The van der Waals surface area contributed by atoms with Crippen LogP contribution in [-0.4, -0.2) is 109 Å². The molecule has 222 valence electrons. The third-order valence-corrected chi connectivity index (χ3v) is 6.77. The summed E-state index contributed by atoms with van der Waals surface area (Å²) in [5, 5.41) is 0.783. The second-order valence-electron chi connectivity index (χ2n) is 8.57. The molecule has 0 unspecified atom stereocenters. The molecule has 0 bridgehead atoms. The molecule has 1 aliphatic heterocycles. The second-order valence-corrected chi connectivity index (χ2v) is 11.1. The van der Waals surface area contributed by atoms with E-state index in [1.165, 1.54) is 13.8 Å². The summed E-state index contributed by atoms with van der Waals surface area (Å²) in [4.78, 5) is 73.5. The number of hydrogen-bond acceptors (Lipinski definition) is 15. The summed E-state index contributed by atoms with van der Waals surface area (Å²) in [5.41, 5.74) is 0. The van der Waals surface area contributed by atoms with Gasteiger partial charge in [0.2, 0.25) is 19.5 Å². The van der Waals surface area contributed by atoms with E-state index < -0.39 is 58.8 Å². The number of nitrogens with one attached hydrogen (secondary N) is 1. The van der Waals surface area contributed by atoms with Gasteiger partial charge < -0.3 is 33.7 Å². The molecule has 0 radical (unpaired) electrons. The van der Waals surface area contributed by atoms with Crippen LogP contribution in [0.25, 0.3) is 0 Å². The Kier molecular flexibility index (Phi) is 16.5. The fourth-order valence-corrected chi connectivity index (χ4v) is 4.16. The predicted molar refractivity (Wildman–Crippen MR) is 140 cm³/mol. The molecule has 0 aromatic heterocycles. The smallest absolute Gasteiger partial charge is 0.371 e. The average Bonchev–Trinajstić information content (AvgIpc) is 2.85. The van der Waals surface area contributed by atoms with Crippen molar-refractivity contribution in [2.24, 2.45) is 0 Å². The number of morpholine rings is 1. The fraction of sp³-hybridized carbons (Fsp3) is 0.739. The van der Waals surface area contributed by atoms with Crippen LogP contribution < -0.4 is 5.32 Å². The Balaban J connectivity index is 2.64. The number of unbranched alkanes of at least 4 members (excludes halogenated alkanes) is 1. The van der Waals surface area contributed by atoms with E-state index in [1.807, 2.05) is 0 Å². The largest absolute Gasteiger partial charge is 0.464 e. The minimum Gasteiger partial charge on any atom is -0.464 e. The number of esters is 3. The summed E-state index contributed by atoms with van der Waals surface area (Å²) >= 11 is 1.09. The Morgan fingerprint density at radius 1 is 0.872 bits per heavy atom. The normalized spacial score (nSPS) is 14.5. The number of carbonyl (C=O) groups is 6. The first kappa shape index (κ1) is 34.5. The molecular weight excluding hydrogens is 560 g/mol. The first-order chi connectivity index (χ1) is 18.4. The molecule has 14 nitrogen and oxygen atoms in total. The monoisotopic (exact) mass is 596 g/mol. The van der Waals surface area contributed by atoms with Crippen LogP contribution >= 0.6 is 23.5 Å². The molecule has 1 aliphatic rings. The van der Waals surface area contributed by atoms with Gasteiger partial charge in [0, 0.05) is 32.7 Å². The van der Waals surface area contributed by atoms with E-state index in [0.717, 1.165) is 39.9 Å². The Labute approximate surface area is 235 Å². The molecule has 0 spiro atoms. The number of thioether (sulfide) groups is 2. The lowest BCUT2D eigenvalue weighted by atomic mass is 10.2. The molecule has 1 N–H and O–H groups in total. The minimum atomic E-state index is -1.40. The van der Waals surface area contributed by atoms with Gasteiger partial charge in [-0.25, -0.2) is 14.4 Å². The predicted octanol–water partition coefficient (Wildman–Crippen LogP) is 1.69. The van der Waals surface area contributed by atoms with Crippen molar-refractivity contribution in [1.29, 1.82) is 0 Å². The standard InChI is InChI=1S/C23H36N2O12S2/c1-16(26)34-14-36-21(30)38-13-18(19(28)33-10-6-5-7-25-8-11-32-12-9-25)24-20(29)23(3,4)39-22(31)37-15-35-17(2)27/h18H,5-15H2,1-4H3,(H,24,29)/t18-/m0/s1. The Morgan fingerprint density at radius 3 is 2.05 bits per heavy atom. The van der Waals surface area contributed by atoms with Gasteiger partial charge in [-0.05, 0) is 56.8 Å². The summed E-state index contributed by atoms with van der Waals surface area (Å²) in [6.07, 6.45) is 1.39. The molecule has 1 rings (SSSR count). The highest BCUT2D eigenvalue weighted by Gasteiger charge is 2.36. The molecule has 1 fully saturated rings. The summed E-state index contributed by atoms with van der Waals surface area (Å²) in [5.74, 6) is -3.00. The summed E-state index contributed by atoms with van der Waals surface area (Å²) in [7, 11) is 0. The van der Waals surface area contributed by atoms with Crippen molar-refractivity contribution in [2.75, 3.05) is 58.8 Å². The Bertz CT molecular complexity index is 849. The van der Waals surface area contributed by atoms with Crippen molar-refractivity contribution >= 4 is 57.9 Å². The highest BCUT2D eigenvalue weighted by molar-refractivity contribution is 8.15. The molecule has 1 saturated heterocycles. The third-order valence-electron chi connectivity index (χ3n) is 4.94. The van der Waals surface area contributed by atoms with Crippen LogP contribution in [0.3, 0.4) is 0 Å². The van der Waals surface area contributed by atoms with Gasteiger partial charge in [-0.3, -0.25) is 19.3 Å².